The second-order valence-corrected chi connectivity index (χ2v) is 5.73. The van der Waals surface area contributed by atoms with Gasteiger partial charge in [-0.1, -0.05) is 24.3 Å². The number of hydrogen-bond acceptors (Lipinski definition) is 6. The SMILES string of the molecule is NNC(=O)CCN1C=CC(Oc2ccc(N)c3ccccc23)=CC1N. The number of nitrogens with two attached hydrogens (primary N) is 3. The highest BCUT2D eigenvalue weighted by molar-refractivity contribution is 5.97. The molecular weight excluding hydrogens is 318 g/mol. The zero-order valence-electron chi connectivity index (χ0n) is 13.7. The molecule has 1 aliphatic rings. The predicted octanol–water partition coefficient (Wildman–Crippen LogP) is 1.18. The molecule has 0 radical (unpaired) electrons. The molecule has 1 atom stereocenters. The maximum Gasteiger partial charge on any atom is 0.235 e. The van der Waals surface area contributed by atoms with E-state index in [1.165, 1.54) is 0 Å². The van der Waals surface area contributed by atoms with Gasteiger partial charge in [0.15, 0.2) is 0 Å². The van der Waals surface area contributed by atoms with Crippen molar-refractivity contribution in [3.63, 3.8) is 0 Å². The number of carbonyl (C=O) groups excluding carboxylic acids is 1. The molecule has 7 heteroatoms. The Morgan fingerprint density at radius 2 is 1.96 bits per heavy atom. The van der Waals surface area contributed by atoms with Crippen LogP contribution in [0, 0.1) is 0 Å². The third-order valence-corrected chi connectivity index (χ3v) is 4.05. The van der Waals surface area contributed by atoms with E-state index in [0.717, 1.165) is 10.8 Å². The molecule has 0 spiro atoms. The molecule has 25 heavy (non-hydrogen) atoms. The van der Waals surface area contributed by atoms with Crippen LogP contribution in [-0.2, 0) is 4.79 Å². The highest BCUT2D eigenvalue weighted by Crippen LogP contribution is 2.31. The van der Waals surface area contributed by atoms with Gasteiger partial charge in [0.1, 0.15) is 11.5 Å². The number of rotatable bonds is 5. The summed E-state index contributed by atoms with van der Waals surface area (Å²) >= 11 is 0. The van der Waals surface area contributed by atoms with Gasteiger partial charge in [-0.2, -0.15) is 0 Å². The second-order valence-electron chi connectivity index (χ2n) is 5.73. The number of nitrogen functional groups attached to an aromatic ring is 1. The fourth-order valence-corrected chi connectivity index (χ4v) is 2.69. The van der Waals surface area contributed by atoms with Crippen LogP contribution in [0.4, 0.5) is 5.69 Å². The Bertz CT molecular complexity index is 846. The van der Waals surface area contributed by atoms with E-state index in [2.05, 4.69) is 5.43 Å². The van der Waals surface area contributed by atoms with E-state index in [1.54, 1.807) is 6.08 Å². The minimum absolute atomic E-state index is 0.236. The molecule has 0 fully saturated rings. The van der Waals surface area contributed by atoms with Crippen LogP contribution in [0.2, 0.25) is 0 Å². The zero-order valence-corrected chi connectivity index (χ0v) is 13.7. The second kappa shape index (κ2) is 7.25. The fraction of sp³-hybridized carbons (Fsp3) is 0.167. The van der Waals surface area contributed by atoms with Crippen molar-refractivity contribution in [1.82, 2.24) is 10.3 Å². The van der Waals surface area contributed by atoms with Crippen LogP contribution >= 0.6 is 0 Å². The maximum absolute atomic E-state index is 11.2. The number of nitrogens with one attached hydrogen (secondary N) is 1. The molecule has 1 heterocycles. The van der Waals surface area contributed by atoms with Crippen molar-refractivity contribution in [2.45, 2.75) is 12.6 Å². The number of benzene rings is 2. The molecule has 1 amide bonds. The van der Waals surface area contributed by atoms with Gasteiger partial charge >= 0.3 is 0 Å². The van der Waals surface area contributed by atoms with Gasteiger partial charge in [-0.3, -0.25) is 10.2 Å². The molecular formula is C18H21N5O2. The molecule has 0 saturated carbocycles. The van der Waals surface area contributed by atoms with Crippen molar-refractivity contribution in [1.29, 1.82) is 0 Å². The summed E-state index contributed by atoms with van der Waals surface area (Å²) in [5.74, 6) is 6.19. The van der Waals surface area contributed by atoms with Crippen molar-refractivity contribution < 1.29 is 9.53 Å². The molecule has 0 saturated heterocycles. The summed E-state index contributed by atoms with van der Waals surface area (Å²) in [6, 6.07) is 11.5. The number of anilines is 1. The summed E-state index contributed by atoms with van der Waals surface area (Å²) in [6.45, 7) is 0.468. The number of amides is 1. The van der Waals surface area contributed by atoms with E-state index in [0.29, 0.717) is 23.7 Å². The summed E-state index contributed by atoms with van der Waals surface area (Å²) in [5, 5.41) is 1.88. The highest BCUT2D eigenvalue weighted by Gasteiger charge is 2.16. The Morgan fingerprint density at radius 1 is 1.20 bits per heavy atom. The topological polar surface area (TPSA) is 120 Å². The lowest BCUT2D eigenvalue weighted by atomic mass is 10.1. The van der Waals surface area contributed by atoms with Gasteiger partial charge in [-0.15, -0.1) is 0 Å². The van der Waals surface area contributed by atoms with E-state index in [9.17, 15) is 4.79 Å². The predicted molar refractivity (Wildman–Crippen MR) is 97.8 cm³/mol. The molecule has 1 unspecified atom stereocenters. The van der Waals surface area contributed by atoms with E-state index in [4.69, 9.17) is 22.0 Å². The number of hydrogen-bond donors (Lipinski definition) is 4. The molecule has 0 aliphatic carbocycles. The van der Waals surface area contributed by atoms with Gasteiger partial charge in [-0.05, 0) is 24.3 Å². The first-order valence-electron chi connectivity index (χ1n) is 7.94. The quantitative estimate of drug-likeness (QED) is 0.281. The first-order valence-corrected chi connectivity index (χ1v) is 7.94. The van der Waals surface area contributed by atoms with Gasteiger partial charge < -0.3 is 21.1 Å². The molecule has 0 bridgehead atoms. The van der Waals surface area contributed by atoms with Crippen molar-refractivity contribution in [3.8, 4) is 5.75 Å². The summed E-state index contributed by atoms with van der Waals surface area (Å²) in [7, 11) is 0. The molecule has 7 N–H and O–H groups in total. The largest absolute Gasteiger partial charge is 0.457 e. The number of fused-ring (bicyclic) bond motifs is 1. The molecule has 7 nitrogen and oxygen atoms in total. The third kappa shape index (κ3) is 3.73. The highest BCUT2D eigenvalue weighted by atomic mass is 16.5. The Hall–Kier alpha value is -3.03. The lowest BCUT2D eigenvalue weighted by molar-refractivity contribution is -0.121. The Balaban J connectivity index is 1.74. The van der Waals surface area contributed by atoms with E-state index >= 15 is 0 Å². The van der Waals surface area contributed by atoms with Crippen LogP contribution in [0.25, 0.3) is 10.8 Å². The maximum atomic E-state index is 11.2. The Morgan fingerprint density at radius 3 is 2.68 bits per heavy atom. The standard InChI is InChI=1S/C18H21N5O2/c19-15-5-6-16(14-4-2-1-3-13(14)15)25-12-7-9-23(17(20)11-12)10-8-18(24)22-21/h1-7,9,11,17H,8,10,19-21H2,(H,22,24). The Kier molecular flexibility index (Phi) is 4.87. The number of hydrazine groups is 1. The molecule has 3 rings (SSSR count). The monoisotopic (exact) mass is 339 g/mol. The number of nitrogens with zero attached hydrogens (tertiary/aromatic N) is 1. The normalized spacial score (nSPS) is 16.6. The Labute approximate surface area is 145 Å². The summed E-state index contributed by atoms with van der Waals surface area (Å²) in [6.07, 6.45) is 5.30. The van der Waals surface area contributed by atoms with Crippen LogP contribution in [0.1, 0.15) is 6.42 Å². The molecule has 1 aliphatic heterocycles. The van der Waals surface area contributed by atoms with E-state index in [-0.39, 0.29) is 18.5 Å². The molecule has 2 aromatic rings. The van der Waals surface area contributed by atoms with Crippen LogP contribution in [0.15, 0.2) is 60.5 Å². The fourth-order valence-electron chi connectivity index (χ4n) is 2.69. The van der Waals surface area contributed by atoms with Crippen molar-refractivity contribution in [3.05, 3.63) is 60.5 Å². The first kappa shape index (κ1) is 16.8. The van der Waals surface area contributed by atoms with Gasteiger partial charge in [0.2, 0.25) is 5.91 Å². The summed E-state index contributed by atoms with van der Waals surface area (Å²) in [4.78, 5) is 13.1. The first-order chi connectivity index (χ1) is 12.1. The number of ether oxygens (including phenoxy) is 1. The van der Waals surface area contributed by atoms with Gasteiger partial charge in [-0.25, -0.2) is 5.84 Å². The average Bonchev–Trinajstić information content (AvgIpc) is 2.63. The molecule has 0 aromatic heterocycles. The smallest absolute Gasteiger partial charge is 0.235 e. The van der Waals surface area contributed by atoms with Gasteiger partial charge in [0.05, 0.1) is 6.17 Å². The van der Waals surface area contributed by atoms with Crippen molar-refractivity contribution in [2.75, 3.05) is 12.3 Å². The lowest BCUT2D eigenvalue weighted by Gasteiger charge is -2.28. The third-order valence-electron chi connectivity index (χ3n) is 4.05. The van der Waals surface area contributed by atoms with Crippen LogP contribution in [0.3, 0.4) is 0 Å². The summed E-state index contributed by atoms with van der Waals surface area (Å²) in [5.41, 5.74) is 14.9. The van der Waals surface area contributed by atoms with E-state index in [1.807, 2.05) is 53.6 Å². The van der Waals surface area contributed by atoms with Crippen LogP contribution in [0.5, 0.6) is 5.75 Å². The number of carbonyl (C=O) groups is 1. The van der Waals surface area contributed by atoms with Gasteiger partial charge in [0, 0.05) is 35.6 Å². The minimum Gasteiger partial charge on any atom is -0.457 e. The summed E-state index contributed by atoms with van der Waals surface area (Å²) < 4.78 is 6.00. The molecule has 2 aromatic carbocycles. The number of allylic oxidation sites excluding steroid dienone is 1. The van der Waals surface area contributed by atoms with Crippen molar-refractivity contribution in [2.24, 2.45) is 11.6 Å². The minimum atomic E-state index is -0.384. The van der Waals surface area contributed by atoms with Crippen LogP contribution in [-0.4, -0.2) is 23.5 Å². The lowest BCUT2D eigenvalue weighted by Crippen LogP contribution is -2.41. The molecule has 130 valence electrons. The van der Waals surface area contributed by atoms with Crippen LogP contribution < -0.4 is 27.5 Å². The van der Waals surface area contributed by atoms with Crippen molar-refractivity contribution >= 4 is 22.4 Å². The van der Waals surface area contributed by atoms with Gasteiger partial charge in [0.25, 0.3) is 0 Å². The zero-order chi connectivity index (χ0) is 17.8. The average molecular weight is 339 g/mol. The van der Waals surface area contributed by atoms with E-state index < -0.39 is 0 Å².